The lowest BCUT2D eigenvalue weighted by Crippen LogP contribution is -2.39. The molecule has 0 spiro atoms. The third-order valence-corrected chi connectivity index (χ3v) is 3.36. The Morgan fingerprint density at radius 3 is 2.36 bits per heavy atom. The summed E-state index contributed by atoms with van der Waals surface area (Å²) in [6.07, 6.45) is 4.10. The summed E-state index contributed by atoms with van der Waals surface area (Å²) in [4.78, 5) is 23.4. The van der Waals surface area contributed by atoms with E-state index in [0.717, 1.165) is 25.7 Å². The summed E-state index contributed by atoms with van der Waals surface area (Å²) in [5.74, 6) is -1.45. The van der Waals surface area contributed by atoms with Crippen molar-refractivity contribution < 1.29 is 14.7 Å². The van der Waals surface area contributed by atoms with Crippen LogP contribution in [0.2, 0.25) is 0 Å². The van der Waals surface area contributed by atoms with Gasteiger partial charge in [-0.15, -0.1) is 0 Å². The van der Waals surface area contributed by atoms with E-state index in [4.69, 9.17) is 0 Å². The Morgan fingerprint density at radius 2 is 1.77 bits per heavy atom. The fourth-order valence-electron chi connectivity index (χ4n) is 2.05. The first-order valence-corrected chi connectivity index (χ1v) is 7.93. The number of aryl methyl sites for hydroxylation is 1. The zero-order chi connectivity index (χ0) is 16.4. The predicted octanol–water partition coefficient (Wildman–Crippen LogP) is 2.24. The maximum absolute atomic E-state index is 11.7. The van der Waals surface area contributed by atoms with Crippen molar-refractivity contribution in [1.29, 1.82) is 0 Å². The zero-order valence-corrected chi connectivity index (χ0v) is 13.4. The number of aliphatic hydroxyl groups excluding tert-OH is 1. The minimum Gasteiger partial charge on any atom is -0.391 e. The van der Waals surface area contributed by atoms with Gasteiger partial charge < -0.3 is 15.7 Å². The molecule has 0 aromatic heterocycles. The third kappa shape index (κ3) is 6.72. The van der Waals surface area contributed by atoms with Gasteiger partial charge in [0.1, 0.15) is 0 Å². The summed E-state index contributed by atoms with van der Waals surface area (Å²) < 4.78 is 0. The van der Waals surface area contributed by atoms with Crippen molar-refractivity contribution in [2.24, 2.45) is 0 Å². The highest BCUT2D eigenvalue weighted by molar-refractivity contribution is 6.39. The molecule has 0 saturated heterocycles. The van der Waals surface area contributed by atoms with Crippen LogP contribution in [0.1, 0.15) is 45.1 Å². The molecule has 1 rings (SSSR count). The fourth-order valence-corrected chi connectivity index (χ4v) is 2.05. The van der Waals surface area contributed by atoms with Crippen molar-refractivity contribution in [1.82, 2.24) is 5.32 Å². The van der Waals surface area contributed by atoms with Gasteiger partial charge in [0.05, 0.1) is 6.10 Å². The number of carbonyl (C=O) groups excluding carboxylic acids is 2. The van der Waals surface area contributed by atoms with Crippen molar-refractivity contribution in [3.8, 4) is 0 Å². The number of nitrogens with one attached hydrogen (secondary N) is 2. The van der Waals surface area contributed by atoms with Crippen LogP contribution in [0.5, 0.6) is 0 Å². The molecular formula is C17H26N2O3. The van der Waals surface area contributed by atoms with Gasteiger partial charge in [-0.25, -0.2) is 0 Å². The summed E-state index contributed by atoms with van der Waals surface area (Å²) in [6.45, 7) is 4.18. The first-order chi connectivity index (χ1) is 10.6. The van der Waals surface area contributed by atoms with Crippen LogP contribution in [0.3, 0.4) is 0 Å². The molecule has 0 bridgehead atoms. The van der Waals surface area contributed by atoms with Crippen LogP contribution < -0.4 is 10.6 Å². The Balaban J connectivity index is 2.41. The van der Waals surface area contributed by atoms with Gasteiger partial charge in [0.25, 0.3) is 0 Å². The van der Waals surface area contributed by atoms with Gasteiger partial charge in [0.2, 0.25) is 0 Å². The zero-order valence-electron chi connectivity index (χ0n) is 13.4. The molecule has 1 atom stereocenters. The number of benzene rings is 1. The van der Waals surface area contributed by atoms with E-state index in [1.165, 1.54) is 5.56 Å². The lowest BCUT2D eigenvalue weighted by atomic mass is 10.1. The summed E-state index contributed by atoms with van der Waals surface area (Å²) >= 11 is 0. The van der Waals surface area contributed by atoms with Crippen molar-refractivity contribution in [3.05, 3.63) is 29.8 Å². The fraction of sp³-hybridized carbons (Fsp3) is 0.529. The number of hydrogen-bond donors (Lipinski definition) is 3. The molecule has 122 valence electrons. The number of hydrogen-bond acceptors (Lipinski definition) is 3. The SMILES string of the molecule is CCCCc1ccc(NC(=O)C(=O)NCC(O)CCC)cc1. The summed E-state index contributed by atoms with van der Waals surface area (Å²) in [5.41, 5.74) is 1.81. The molecule has 0 saturated carbocycles. The van der Waals surface area contributed by atoms with E-state index in [1.807, 2.05) is 19.1 Å². The average molecular weight is 306 g/mol. The van der Waals surface area contributed by atoms with E-state index >= 15 is 0 Å². The number of amides is 2. The molecule has 22 heavy (non-hydrogen) atoms. The quantitative estimate of drug-likeness (QED) is 0.645. The van der Waals surface area contributed by atoms with E-state index in [9.17, 15) is 14.7 Å². The minimum absolute atomic E-state index is 0.0933. The topological polar surface area (TPSA) is 78.4 Å². The second-order valence-electron chi connectivity index (χ2n) is 5.41. The smallest absolute Gasteiger partial charge is 0.313 e. The lowest BCUT2D eigenvalue weighted by molar-refractivity contribution is -0.136. The minimum atomic E-state index is -0.731. The maximum atomic E-state index is 11.7. The Hall–Kier alpha value is -1.88. The lowest BCUT2D eigenvalue weighted by Gasteiger charge is -2.11. The molecule has 0 aliphatic carbocycles. The van der Waals surface area contributed by atoms with Crippen LogP contribution >= 0.6 is 0 Å². The normalized spacial score (nSPS) is 11.8. The molecule has 0 heterocycles. The first kappa shape index (κ1) is 18.2. The molecule has 5 heteroatoms. The molecule has 0 aliphatic heterocycles. The van der Waals surface area contributed by atoms with Crippen LogP contribution in [-0.4, -0.2) is 29.6 Å². The van der Waals surface area contributed by atoms with Gasteiger partial charge in [0, 0.05) is 12.2 Å². The summed E-state index contributed by atoms with van der Waals surface area (Å²) in [6, 6.07) is 7.49. The van der Waals surface area contributed by atoms with Crippen molar-refractivity contribution in [2.45, 2.75) is 52.1 Å². The van der Waals surface area contributed by atoms with Crippen molar-refractivity contribution in [3.63, 3.8) is 0 Å². The van der Waals surface area contributed by atoms with Crippen LogP contribution in [0.4, 0.5) is 5.69 Å². The number of unbranched alkanes of at least 4 members (excludes halogenated alkanes) is 1. The first-order valence-electron chi connectivity index (χ1n) is 7.93. The Kier molecular flexibility index (Phi) is 8.22. The van der Waals surface area contributed by atoms with Gasteiger partial charge >= 0.3 is 11.8 Å². The number of aliphatic hydroxyl groups is 1. The van der Waals surface area contributed by atoms with Crippen LogP contribution in [0, 0.1) is 0 Å². The molecular weight excluding hydrogens is 280 g/mol. The summed E-state index contributed by atoms with van der Waals surface area (Å²) in [7, 11) is 0. The number of anilines is 1. The summed E-state index contributed by atoms with van der Waals surface area (Å²) in [5, 5.41) is 14.5. The highest BCUT2D eigenvalue weighted by Gasteiger charge is 2.14. The monoisotopic (exact) mass is 306 g/mol. The average Bonchev–Trinajstić information content (AvgIpc) is 2.52. The Bertz CT molecular complexity index is 471. The van der Waals surface area contributed by atoms with Crippen molar-refractivity contribution >= 4 is 17.5 Å². The van der Waals surface area contributed by atoms with Gasteiger partial charge in [-0.3, -0.25) is 9.59 Å². The molecule has 0 radical (unpaired) electrons. The van der Waals surface area contributed by atoms with Gasteiger partial charge in [-0.05, 0) is 37.0 Å². The highest BCUT2D eigenvalue weighted by atomic mass is 16.3. The van der Waals surface area contributed by atoms with E-state index < -0.39 is 17.9 Å². The molecule has 1 aromatic carbocycles. The van der Waals surface area contributed by atoms with Crippen LogP contribution in [-0.2, 0) is 16.0 Å². The standard InChI is InChI=1S/C17H26N2O3/c1-3-5-7-13-8-10-14(11-9-13)19-17(22)16(21)18-12-15(20)6-4-2/h8-11,15,20H,3-7,12H2,1-2H3,(H,18,21)(H,19,22). The van der Waals surface area contributed by atoms with Crippen LogP contribution in [0.15, 0.2) is 24.3 Å². The van der Waals surface area contributed by atoms with E-state index in [0.29, 0.717) is 12.1 Å². The molecule has 0 fully saturated rings. The second kappa shape index (κ2) is 9.95. The van der Waals surface area contributed by atoms with Crippen LogP contribution in [0.25, 0.3) is 0 Å². The van der Waals surface area contributed by atoms with Gasteiger partial charge in [-0.1, -0.05) is 38.8 Å². The maximum Gasteiger partial charge on any atom is 0.313 e. The Morgan fingerprint density at radius 1 is 1.09 bits per heavy atom. The Labute approximate surface area is 132 Å². The molecule has 3 N–H and O–H groups in total. The molecule has 2 amide bonds. The predicted molar refractivity (Wildman–Crippen MR) is 87.6 cm³/mol. The molecule has 0 aliphatic rings. The second-order valence-corrected chi connectivity index (χ2v) is 5.41. The highest BCUT2D eigenvalue weighted by Crippen LogP contribution is 2.11. The number of rotatable bonds is 8. The third-order valence-electron chi connectivity index (χ3n) is 3.36. The van der Waals surface area contributed by atoms with Gasteiger partial charge in [-0.2, -0.15) is 0 Å². The largest absolute Gasteiger partial charge is 0.391 e. The van der Waals surface area contributed by atoms with E-state index in [2.05, 4.69) is 17.6 Å². The molecule has 1 aromatic rings. The molecule has 5 nitrogen and oxygen atoms in total. The van der Waals surface area contributed by atoms with E-state index in [-0.39, 0.29) is 6.54 Å². The molecule has 1 unspecified atom stereocenters. The van der Waals surface area contributed by atoms with Crippen molar-refractivity contribution in [2.75, 3.05) is 11.9 Å². The number of carbonyl (C=O) groups is 2. The van der Waals surface area contributed by atoms with E-state index in [1.54, 1.807) is 12.1 Å². The van der Waals surface area contributed by atoms with Gasteiger partial charge in [0.15, 0.2) is 0 Å².